The third-order valence-electron chi connectivity index (χ3n) is 5.47. The van der Waals surface area contributed by atoms with Crippen LogP contribution >= 0.6 is 0 Å². The summed E-state index contributed by atoms with van der Waals surface area (Å²) < 4.78 is 38.5. The molecule has 0 radical (unpaired) electrons. The summed E-state index contributed by atoms with van der Waals surface area (Å²) in [6, 6.07) is 0. The predicted octanol–water partition coefficient (Wildman–Crippen LogP) is 2.76. The predicted molar refractivity (Wildman–Crippen MR) is 116 cm³/mol. The van der Waals surface area contributed by atoms with Crippen LogP contribution in [0.4, 0.5) is 24.8 Å². The zero-order chi connectivity index (χ0) is 23.6. The lowest BCUT2D eigenvalue weighted by atomic mass is 10.1. The minimum Gasteiger partial charge on any atom is -0.355 e. The van der Waals surface area contributed by atoms with Gasteiger partial charge >= 0.3 is 6.18 Å². The summed E-state index contributed by atoms with van der Waals surface area (Å²) in [6.45, 7) is 5.56. The van der Waals surface area contributed by atoms with E-state index >= 15 is 0 Å². The lowest BCUT2D eigenvalue weighted by Gasteiger charge is -2.17. The van der Waals surface area contributed by atoms with Gasteiger partial charge in [0.15, 0.2) is 5.65 Å². The number of halogens is 3. The highest BCUT2D eigenvalue weighted by molar-refractivity contribution is 6.02. The number of hydrogen-bond acceptors (Lipinski definition) is 7. The fourth-order valence-corrected chi connectivity index (χ4v) is 3.86. The maximum atomic E-state index is 12.6. The van der Waals surface area contributed by atoms with Crippen molar-refractivity contribution in [1.82, 2.24) is 29.7 Å². The normalized spacial score (nSPS) is 16.5. The van der Waals surface area contributed by atoms with Crippen LogP contribution in [0.1, 0.15) is 34.7 Å². The first kappa shape index (κ1) is 22.9. The van der Waals surface area contributed by atoms with Gasteiger partial charge in [0.25, 0.3) is 5.91 Å². The third-order valence-corrected chi connectivity index (χ3v) is 5.47. The molecule has 3 aromatic heterocycles. The Bertz CT molecular complexity index is 1130. The molecule has 4 heterocycles. The zero-order valence-corrected chi connectivity index (χ0v) is 18.4. The molecule has 9 nitrogen and oxygen atoms in total. The van der Waals surface area contributed by atoms with Crippen molar-refractivity contribution in [2.24, 2.45) is 5.92 Å². The molecule has 176 valence electrons. The smallest absolute Gasteiger partial charge is 0.355 e. The molecular formula is C21H25F3N8O. The monoisotopic (exact) mass is 462 g/mol. The van der Waals surface area contributed by atoms with Crippen molar-refractivity contribution >= 4 is 23.2 Å². The number of fused-ring (bicyclic) bond motifs is 1. The van der Waals surface area contributed by atoms with Gasteiger partial charge in [-0.3, -0.25) is 4.79 Å². The SMILES string of the molecule is Cc1cn2cc(NC(=O)c3cnc(N4CC[C@@H](CNCCC(F)(F)F)C4)cn3)nc(C)c2n1. The minimum absolute atomic E-state index is 0.0780. The van der Waals surface area contributed by atoms with Crippen LogP contribution in [-0.4, -0.2) is 62.6 Å². The number of aromatic nitrogens is 5. The van der Waals surface area contributed by atoms with E-state index in [-0.39, 0.29) is 18.2 Å². The summed E-state index contributed by atoms with van der Waals surface area (Å²) in [5, 5.41) is 5.60. The van der Waals surface area contributed by atoms with Crippen LogP contribution in [0.3, 0.4) is 0 Å². The molecule has 0 aliphatic carbocycles. The van der Waals surface area contributed by atoms with Gasteiger partial charge in [0.1, 0.15) is 17.3 Å². The first-order chi connectivity index (χ1) is 15.7. The first-order valence-electron chi connectivity index (χ1n) is 10.7. The Kier molecular flexibility index (Phi) is 6.45. The number of anilines is 2. The van der Waals surface area contributed by atoms with E-state index in [9.17, 15) is 18.0 Å². The highest BCUT2D eigenvalue weighted by atomic mass is 19.4. The van der Waals surface area contributed by atoms with E-state index in [1.165, 1.54) is 12.4 Å². The topological polar surface area (TPSA) is 100 Å². The summed E-state index contributed by atoms with van der Waals surface area (Å²) in [4.78, 5) is 32.0. The van der Waals surface area contributed by atoms with Crippen LogP contribution in [0.5, 0.6) is 0 Å². The van der Waals surface area contributed by atoms with Crippen molar-refractivity contribution in [3.63, 3.8) is 0 Å². The van der Waals surface area contributed by atoms with E-state index < -0.39 is 18.5 Å². The number of carbonyl (C=O) groups is 1. The second-order valence-corrected chi connectivity index (χ2v) is 8.21. The van der Waals surface area contributed by atoms with E-state index in [2.05, 4.69) is 30.6 Å². The summed E-state index contributed by atoms with van der Waals surface area (Å²) in [7, 11) is 0. The lowest BCUT2D eigenvalue weighted by Crippen LogP contribution is -2.29. The Morgan fingerprint density at radius 1 is 1.18 bits per heavy atom. The zero-order valence-electron chi connectivity index (χ0n) is 18.4. The summed E-state index contributed by atoms with van der Waals surface area (Å²) >= 11 is 0. The van der Waals surface area contributed by atoms with Gasteiger partial charge in [0.05, 0.1) is 36.4 Å². The van der Waals surface area contributed by atoms with Gasteiger partial charge in [0, 0.05) is 25.8 Å². The highest BCUT2D eigenvalue weighted by Crippen LogP contribution is 2.22. The van der Waals surface area contributed by atoms with Crippen molar-refractivity contribution in [2.75, 3.05) is 36.4 Å². The highest BCUT2D eigenvalue weighted by Gasteiger charge is 2.27. The Morgan fingerprint density at radius 3 is 2.73 bits per heavy atom. The molecule has 1 aliphatic rings. The van der Waals surface area contributed by atoms with Gasteiger partial charge in [-0.1, -0.05) is 0 Å². The molecule has 1 fully saturated rings. The van der Waals surface area contributed by atoms with Crippen molar-refractivity contribution < 1.29 is 18.0 Å². The van der Waals surface area contributed by atoms with E-state index in [1.807, 2.05) is 29.3 Å². The maximum Gasteiger partial charge on any atom is 0.390 e. The number of imidazole rings is 1. The first-order valence-corrected chi connectivity index (χ1v) is 10.7. The Morgan fingerprint density at radius 2 is 2.00 bits per heavy atom. The molecule has 1 saturated heterocycles. The molecule has 0 aromatic carbocycles. The molecule has 1 atom stereocenters. The average Bonchev–Trinajstić information content (AvgIpc) is 3.37. The molecule has 0 bridgehead atoms. The molecular weight excluding hydrogens is 437 g/mol. The van der Waals surface area contributed by atoms with Crippen LogP contribution in [0, 0.1) is 19.8 Å². The molecule has 3 aromatic rings. The van der Waals surface area contributed by atoms with E-state index in [0.717, 1.165) is 24.3 Å². The Labute approximate surface area is 188 Å². The average molecular weight is 462 g/mol. The number of rotatable bonds is 7. The third kappa shape index (κ3) is 5.75. The molecule has 2 N–H and O–H groups in total. The summed E-state index contributed by atoms with van der Waals surface area (Å²) in [5.41, 5.74) is 2.43. The summed E-state index contributed by atoms with van der Waals surface area (Å²) in [5.74, 6) is 0.826. The van der Waals surface area contributed by atoms with E-state index in [4.69, 9.17) is 0 Å². The summed E-state index contributed by atoms with van der Waals surface area (Å²) in [6.07, 6.45) is 2.37. The van der Waals surface area contributed by atoms with Gasteiger partial charge in [-0.05, 0) is 32.7 Å². The molecule has 0 spiro atoms. The van der Waals surface area contributed by atoms with Crippen molar-refractivity contribution in [3.8, 4) is 0 Å². The van der Waals surface area contributed by atoms with Crippen molar-refractivity contribution in [1.29, 1.82) is 0 Å². The van der Waals surface area contributed by atoms with Crippen LogP contribution in [0.15, 0.2) is 24.8 Å². The van der Waals surface area contributed by atoms with Gasteiger partial charge in [-0.2, -0.15) is 13.2 Å². The maximum absolute atomic E-state index is 12.6. The standard InChI is InChI=1S/C21H25F3N8O/c1-13-10-32-12-17(29-14(2)19(32)28-13)30-20(33)16-8-27-18(9-26-16)31-6-3-15(11-31)7-25-5-4-21(22,23)24/h8-10,12,15,25H,3-7,11H2,1-2H3,(H,30,33)/t15-/m0/s1. The lowest BCUT2D eigenvalue weighted by molar-refractivity contribution is -0.133. The number of carbonyl (C=O) groups excluding carboxylic acids is 1. The quantitative estimate of drug-likeness (QED) is 0.521. The number of hydrogen-bond donors (Lipinski definition) is 2. The second-order valence-electron chi connectivity index (χ2n) is 8.21. The number of alkyl halides is 3. The molecule has 1 amide bonds. The Hall–Kier alpha value is -3.28. The molecule has 0 unspecified atom stereocenters. The number of nitrogens with one attached hydrogen (secondary N) is 2. The molecule has 12 heteroatoms. The van der Waals surface area contributed by atoms with E-state index in [1.54, 1.807) is 6.20 Å². The number of amides is 1. The van der Waals surface area contributed by atoms with Crippen LogP contribution in [0.2, 0.25) is 0 Å². The fourth-order valence-electron chi connectivity index (χ4n) is 3.86. The molecule has 1 aliphatic heterocycles. The van der Waals surface area contributed by atoms with Gasteiger partial charge in [-0.15, -0.1) is 0 Å². The minimum atomic E-state index is -4.14. The molecule has 4 rings (SSSR count). The number of aryl methyl sites for hydroxylation is 2. The second kappa shape index (κ2) is 9.30. The Balaban J connectivity index is 1.31. The molecule has 0 saturated carbocycles. The number of nitrogens with zero attached hydrogens (tertiary/aromatic N) is 6. The fraction of sp³-hybridized carbons (Fsp3) is 0.476. The van der Waals surface area contributed by atoms with Gasteiger partial charge in [-0.25, -0.2) is 19.9 Å². The van der Waals surface area contributed by atoms with E-state index in [0.29, 0.717) is 30.4 Å². The van der Waals surface area contributed by atoms with Crippen molar-refractivity contribution in [3.05, 3.63) is 41.9 Å². The van der Waals surface area contributed by atoms with Crippen LogP contribution in [-0.2, 0) is 0 Å². The van der Waals surface area contributed by atoms with Crippen LogP contribution in [0.25, 0.3) is 5.65 Å². The largest absolute Gasteiger partial charge is 0.390 e. The van der Waals surface area contributed by atoms with Gasteiger partial charge in [0.2, 0.25) is 0 Å². The molecule has 33 heavy (non-hydrogen) atoms. The van der Waals surface area contributed by atoms with Crippen molar-refractivity contribution in [2.45, 2.75) is 32.9 Å². The van der Waals surface area contributed by atoms with Gasteiger partial charge < -0.3 is 19.9 Å². The van der Waals surface area contributed by atoms with Crippen LogP contribution < -0.4 is 15.5 Å².